The van der Waals surface area contributed by atoms with Gasteiger partial charge in [-0.05, 0) is 44.9 Å². The van der Waals surface area contributed by atoms with Crippen LogP contribution in [-0.4, -0.2) is 10.5 Å². The van der Waals surface area contributed by atoms with Gasteiger partial charge in [-0.15, -0.1) is 0 Å². The van der Waals surface area contributed by atoms with Gasteiger partial charge < -0.3 is 11.1 Å². The van der Waals surface area contributed by atoms with E-state index in [1.54, 1.807) is 0 Å². The third kappa shape index (κ3) is 4.19. The van der Waals surface area contributed by atoms with Crippen LogP contribution in [0.1, 0.15) is 45.4 Å². The highest BCUT2D eigenvalue weighted by molar-refractivity contribution is 5.41. The van der Waals surface area contributed by atoms with Crippen molar-refractivity contribution in [2.24, 2.45) is 5.73 Å². The molecule has 16 heavy (non-hydrogen) atoms. The number of nitrogens with one attached hydrogen (secondary N) is 1. The quantitative estimate of drug-likeness (QED) is 0.822. The predicted octanol–water partition coefficient (Wildman–Crippen LogP) is 2.70. The van der Waals surface area contributed by atoms with Gasteiger partial charge in [-0.25, -0.2) is 4.98 Å². The Morgan fingerprint density at radius 1 is 1.31 bits per heavy atom. The fraction of sp³-hybridized carbons (Fsp3) is 0.615. The highest BCUT2D eigenvalue weighted by Crippen LogP contribution is 2.16. The van der Waals surface area contributed by atoms with E-state index in [0.717, 1.165) is 29.9 Å². The second-order valence-corrected chi connectivity index (χ2v) is 5.18. The first kappa shape index (κ1) is 13.0. The number of anilines is 1. The SMILES string of the molecule is CCCc1cc(CN)cc(NC(C)(C)C)n1. The number of pyridine rings is 1. The van der Waals surface area contributed by atoms with Crippen molar-refractivity contribution in [2.45, 2.75) is 52.6 Å². The summed E-state index contributed by atoms with van der Waals surface area (Å²) in [6.45, 7) is 9.11. The molecule has 1 heterocycles. The van der Waals surface area contributed by atoms with Crippen LogP contribution in [0.15, 0.2) is 12.1 Å². The summed E-state index contributed by atoms with van der Waals surface area (Å²) >= 11 is 0. The Morgan fingerprint density at radius 3 is 2.50 bits per heavy atom. The van der Waals surface area contributed by atoms with Gasteiger partial charge in [0.15, 0.2) is 0 Å². The van der Waals surface area contributed by atoms with Gasteiger partial charge >= 0.3 is 0 Å². The van der Waals surface area contributed by atoms with Gasteiger partial charge in [0.05, 0.1) is 0 Å². The molecule has 0 aliphatic heterocycles. The van der Waals surface area contributed by atoms with Crippen LogP contribution in [-0.2, 0) is 13.0 Å². The molecule has 0 saturated carbocycles. The first-order valence-corrected chi connectivity index (χ1v) is 5.92. The number of nitrogens with zero attached hydrogens (tertiary/aromatic N) is 1. The lowest BCUT2D eigenvalue weighted by atomic mass is 10.1. The summed E-state index contributed by atoms with van der Waals surface area (Å²) in [6, 6.07) is 4.13. The standard InChI is InChI=1S/C13H23N3/c1-5-6-11-7-10(9-14)8-12(15-11)16-13(2,3)4/h7-8H,5-6,9,14H2,1-4H3,(H,15,16). The van der Waals surface area contributed by atoms with Crippen LogP contribution in [0.5, 0.6) is 0 Å². The average molecular weight is 221 g/mol. The molecule has 0 spiro atoms. The van der Waals surface area contributed by atoms with Crippen molar-refractivity contribution in [1.82, 2.24) is 4.98 Å². The molecule has 0 bridgehead atoms. The van der Waals surface area contributed by atoms with E-state index in [1.165, 1.54) is 0 Å². The lowest BCUT2D eigenvalue weighted by Crippen LogP contribution is -2.27. The Hall–Kier alpha value is -1.09. The largest absolute Gasteiger partial charge is 0.365 e. The first-order valence-electron chi connectivity index (χ1n) is 5.92. The number of aromatic nitrogens is 1. The summed E-state index contributed by atoms with van der Waals surface area (Å²) in [7, 11) is 0. The van der Waals surface area contributed by atoms with Gasteiger partial charge in [-0.2, -0.15) is 0 Å². The first-order chi connectivity index (χ1) is 7.44. The molecule has 1 rings (SSSR count). The van der Waals surface area contributed by atoms with Crippen LogP contribution in [0.3, 0.4) is 0 Å². The number of nitrogens with two attached hydrogens (primary N) is 1. The number of hydrogen-bond donors (Lipinski definition) is 2. The van der Waals surface area contributed by atoms with Crippen LogP contribution >= 0.6 is 0 Å². The van der Waals surface area contributed by atoms with E-state index in [2.05, 4.69) is 44.1 Å². The Labute approximate surface area is 98.5 Å². The van der Waals surface area contributed by atoms with Gasteiger partial charge in [0.2, 0.25) is 0 Å². The second-order valence-electron chi connectivity index (χ2n) is 5.18. The van der Waals surface area contributed by atoms with Crippen molar-refractivity contribution in [1.29, 1.82) is 0 Å². The number of hydrogen-bond acceptors (Lipinski definition) is 3. The third-order valence-electron chi connectivity index (χ3n) is 2.18. The third-order valence-corrected chi connectivity index (χ3v) is 2.18. The van der Waals surface area contributed by atoms with Gasteiger partial charge in [0.25, 0.3) is 0 Å². The van der Waals surface area contributed by atoms with E-state index in [4.69, 9.17) is 5.73 Å². The molecule has 3 nitrogen and oxygen atoms in total. The van der Waals surface area contributed by atoms with Crippen molar-refractivity contribution >= 4 is 5.82 Å². The molecule has 0 atom stereocenters. The topological polar surface area (TPSA) is 50.9 Å². The molecular weight excluding hydrogens is 198 g/mol. The fourth-order valence-electron chi connectivity index (χ4n) is 1.60. The summed E-state index contributed by atoms with van der Waals surface area (Å²) in [5.41, 5.74) is 7.99. The molecule has 0 saturated heterocycles. The highest BCUT2D eigenvalue weighted by Gasteiger charge is 2.11. The van der Waals surface area contributed by atoms with E-state index in [1.807, 2.05) is 6.07 Å². The van der Waals surface area contributed by atoms with Crippen LogP contribution in [0, 0.1) is 0 Å². The number of aryl methyl sites for hydroxylation is 1. The molecule has 90 valence electrons. The van der Waals surface area contributed by atoms with Gasteiger partial charge in [0, 0.05) is 17.8 Å². The molecule has 1 aromatic rings. The van der Waals surface area contributed by atoms with Crippen molar-refractivity contribution in [2.75, 3.05) is 5.32 Å². The molecule has 3 N–H and O–H groups in total. The molecule has 0 aliphatic carbocycles. The predicted molar refractivity (Wildman–Crippen MR) is 69.5 cm³/mol. The van der Waals surface area contributed by atoms with E-state index in [0.29, 0.717) is 6.54 Å². The summed E-state index contributed by atoms with van der Waals surface area (Å²) in [4.78, 5) is 4.59. The van der Waals surface area contributed by atoms with Crippen LogP contribution in [0.25, 0.3) is 0 Å². The normalized spacial score (nSPS) is 11.6. The monoisotopic (exact) mass is 221 g/mol. The molecule has 1 aromatic heterocycles. The highest BCUT2D eigenvalue weighted by atomic mass is 15.0. The maximum absolute atomic E-state index is 5.69. The van der Waals surface area contributed by atoms with Crippen LogP contribution in [0.4, 0.5) is 5.82 Å². The van der Waals surface area contributed by atoms with Gasteiger partial charge in [-0.3, -0.25) is 0 Å². The zero-order chi connectivity index (χ0) is 12.2. The molecule has 0 amide bonds. The Morgan fingerprint density at radius 2 is 2.00 bits per heavy atom. The summed E-state index contributed by atoms with van der Waals surface area (Å²) in [5.74, 6) is 0.930. The van der Waals surface area contributed by atoms with Crippen molar-refractivity contribution in [3.63, 3.8) is 0 Å². The summed E-state index contributed by atoms with van der Waals surface area (Å²) in [6.07, 6.45) is 2.11. The van der Waals surface area contributed by atoms with Crippen LogP contribution in [0.2, 0.25) is 0 Å². The molecule has 0 radical (unpaired) electrons. The summed E-state index contributed by atoms with van der Waals surface area (Å²) < 4.78 is 0. The maximum atomic E-state index is 5.69. The maximum Gasteiger partial charge on any atom is 0.126 e. The van der Waals surface area contributed by atoms with E-state index < -0.39 is 0 Å². The smallest absolute Gasteiger partial charge is 0.126 e. The average Bonchev–Trinajstić information content (AvgIpc) is 2.15. The Balaban J connectivity index is 2.95. The van der Waals surface area contributed by atoms with E-state index in [9.17, 15) is 0 Å². The molecule has 0 aromatic carbocycles. The molecule has 3 heteroatoms. The van der Waals surface area contributed by atoms with Crippen molar-refractivity contribution in [3.05, 3.63) is 23.4 Å². The van der Waals surface area contributed by atoms with E-state index >= 15 is 0 Å². The number of rotatable bonds is 4. The lowest BCUT2D eigenvalue weighted by molar-refractivity contribution is 0.629. The Bertz CT molecular complexity index is 340. The molecule has 0 fully saturated rings. The zero-order valence-corrected chi connectivity index (χ0v) is 10.8. The zero-order valence-electron chi connectivity index (χ0n) is 10.8. The van der Waals surface area contributed by atoms with Gasteiger partial charge in [0.1, 0.15) is 5.82 Å². The minimum atomic E-state index is 0.0315. The van der Waals surface area contributed by atoms with Crippen molar-refractivity contribution in [3.8, 4) is 0 Å². The minimum absolute atomic E-state index is 0.0315. The van der Waals surface area contributed by atoms with Gasteiger partial charge in [-0.1, -0.05) is 13.3 Å². The second kappa shape index (κ2) is 5.30. The Kier molecular flexibility index (Phi) is 4.30. The van der Waals surface area contributed by atoms with Crippen molar-refractivity contribution < 1.29 is 0 Å². The molecular formula is C13H23N3. The van der Waals surface area contributed by atoms with Crippen LogP contribution < -0.4 is 11.1 Å². The lowest BCUT2D eigenvalue weighted by Gasteiger charge is -2.22. The van der Waals surface area contributed by atoms with E-state index in [-0.39, 0.29) is 5.54 Å². The minimum Gasteiger partial charge on any atom is -0.365 e. The summed E-state index contributed by atoms with van der Waals surface area (Å²) in [5, 5.41) is 3.39. The molecule has 0 aliphatic rings. The fourth-order valence-corrected chi connectivity index (χ4v) is 1.60. The molecule has 0 unspecified atom stereocenters.